The van der Waals surface area contributed by atoms with Gasteiger partial charge in [-0.25, -0.2) is 0 Å². The molecule has 7 nitrogen and oxygen atoms in total. The van der Waals surface area contributed by atoms with Gasteiger partial charge in [0, 0.05) is 23.4 Å². The SMILES string of the molecule is Cc1ccc(NC(=S)N[C@H](NC(=O)c2ccc([N+](=O)[O-])cc2)C(Cl)(Cl)Cl)cc1. The van der Waals surface area contributed by atoms with Gasteiger partial charge in [0.15, 0.2) is 5.11 Å². The predicted molar refractivity (Wildman–Crippen MR) is 115 cm³/mol. The van der Waals surface area contributed by atoms with Gasteiger partial charge in [0.1, 0.15) is 6.17 Å². The van der Waals surface area contributed by atoms with Crippen LogP contribution in [-0.4, -0.2) is 25.9 Å². The van der Waals surface area contributed by atoms with Crippen LogP contribution in [0.4, 0.5) is 11.4 Å². The number of thiocarbonyl (C=S) groups is 1. The van der Waals surface area contributed by atoms with Gasteiger partial charge < -0.3 is 16.0 Å². The van der Waals surface area contributed by atoms with Crippen LogP contribution < -0.4 is 16.0 Å². The van der Waals surface area contributed by atoms with Crippen molar-refractivity contribution in [3.05, 3.63) is 69.8 Å². The number of nitro benzene ring substituents is 1. The summed E-state index contributed by atoms with van der Waals surface area (Å²) in [6, 6.07) is 12.4. The lowest BCUT2D eigenvalue weighted by atomic mass is 10.2. The summed E-state index contributed by atoms with van der Waals surface area (Å²) in [5.41, 5.74) is 1.81. The number of nitrogens with one attached hydrogen (secondary N) is 3. The summed E-state index contributed by atoms with van der Waals surface area (Å²) in [4.78, 5) is 22.5. The Labute approximate surface area is 181 Å². The Hall–Kier alpha value is -2.13. The number of alkyl halides is 3. The van der Waals surface area contributed by atoms with Crippen LogP contribution >= 0.6 is 47.0 Å². The lowest BCUT2D eigenvalue weighted by Crippen LogP contribution is -2.56. The van der Waals surface area contributed by atoms with E-state index in [0.29, 0.717) is 5.69 Å². The van der Waals surface area contributed by atoms with E-state index in [9.17, 15) is 14.9 Å². The monoisotopic (exact) mass is 460 g/mol. The zero-order valence-corrected chi connectivity index (χ0v) is 17.5. The number of benzene rings is 2. The fraction of sp³-hybridized carbons (Fsp3) is 0.176. The maximum absolute atomic E-state index is 12.4. The van der Waals surface area contributed by atoms with Crippen molar-refractivity contribution in [3.8, 4) is 0 Å². The first-order valence-electron chi connectivity index (χ1n) is 7.82. The Morgan fingerprint density at radius 1 is 1.07 bits per heavy atom. The van der Waals surface area contributed by atoms with Crippen LogP contribution in [0.3, 0.4) is 0 Å². The van der Waals surface area contributed by atoms with Gasteiger partial charge in [-0.15, -0.1) is 0 Å². The van der Waals surface area contributed by atoms with Gasteiger partial charge in [-0.3, -0.25) is 14.9 Å². The number of carbonyl (C=O) groups is 1. The van der Waals surface area contributed by atoms with Crippen LogP contribution in [0, 0.1) is 17.0 Å². The quantitative estimate of drug-likeness (QED) is 0.202. The molecule has 0 saturated carbocycles. The Bertz CT molecular complexity index is 871. The summed E-state index contributed by atoms with van der Waals surface area (Å²) in [6.07, 6.45) is -1.16. The smallest absolute Gasteiger partial charge is 0.269 e. The molecule has 0 aliphatic carbocycles. The number of anilines is 1. The number of amides is 1. The molecule has 1 atom stereocenters. The highest BCUT2D eigenvalue weighted by Gasteiger charge is 2.35. The van der Waals surface area contributed by atoms with E-state index in [-0.39, 0.29) is 16.4 Å². The minimum atomic E-state index is -1.92. The van der Waals surface area contributed by atoms with Gasteiger partial charge in [0.05, 0.1) is 4.92 Å². The highest BCUT2D eigenvalue weighted by molar-refractivity contribution is 7.80. The van der Waals surface area contributed by atoms with Gasteiger partial charge >= 0.3 is 0 Å². The average Bonchev–Trinajstić information content (AvgIpc) is 2.62. The maximum atomic E-state index is 12.4. The molecule has 1 amide bonds. The lowest BCUT2D eigenvalue weighted by molar-refractivity contribution is -0.384. The highest BCUT2D eigenvalue weighted by atomic mass is 35.6. The van der Waals surface area contributed by atoms with Crippen LogP contribution in [0.15, 0.2) is 48.5 Å². The maximum Gasteiger partial charge on any atom is 0.269 e. The van der Waals surface area contributed by atoms with Crippen LogP contribution in [-0.2, 0) is 0 Å². The number of nitrogens with zero attached hydrogens (tertiary/aromatic N) is 1. The zero-order chi connectivity index (χ0) is 20.9. The molecule has 3 N–H and O–H groups in total. The summed E-state index contributed by atoms with van der Waals surface area (Å²) in [7, 11) is 0. The molecule has 0 fully saturated rings. The van der Waals surface area contributed by atoms with E-state index in [1.54, 1.807) is 0 Å². The molecule has 0 heterocycles. The third kappa shape index (κ3) is 6.49. The van der Waals surface area contributed by atoms with Crippen molar-refractivity contribution in [2.24, 2.45) is 0 Å². The Morgan fingerprint density at radius 2 is 1.64 bits per heavy atom. The first-order valence-corrected chi connectivity index (χ1v) is 9.36. The molecule has 2 aromatic rings. The van der Waals surface area contributed by atoms with E-state index >= 15 is 0 Å². The first-order chi connectivity index (χ1) is 13.1. The van der Waals surface area contributed by atoms with Crippen LogP contribution in [0.25, 0.3) is 0 Å². The summed E-state index contributed by atoms with van der Waals surface area (Å²) < 4.78 is -1.92. The van der Waals surface area contributed by atoms with E-state index in [4.69, 9.17) is 47.0 Å². The second kappa shape index (κ2) is 9.38. The second-order valence-corrected chi connectivity index (χ2v) is 8.49. The molecule has 2 rings (SSSR count). The van der Waals surface area contributed by atoms with Gasteiger partial charge in [0.2, 0.25) is 3.79 Å². The number of nitro groups is 1. The molecule has 0 bridgehead atoms. The van der Waals surface area contributed by atoms with Gasteiger partial charge in [0.25, 0.3) is 11.6 Å². The molecule has 0 aromatic heterocycles. The van der Waals surface area contributed by atoms with Crippen molar-refractivity contribution in [2.45, 2.75) is 16.9 Å². The molecule has 0 unspecified atom stereocenters. The van der Waals surface area contributed by atoms with E-state index in [0.717, 1.165) is 5.56 Å². The van der Waals surface area contributed by atoms with Crippen molar-refractivity contribution < 1.29 is 9.72 Å². The van der Waals surface area contributed by atoms with E-state index in [1.165, 1.54) is 24.3 Å². The molecular formula is C17H15Cl3N4O3S. The van der Waals surface area contributed by atoms with Gasteiger partial charge in [-0.1, -0.05) is 52.5 Å². The molecule has 2 aromatic carbocycles. The normalized spacial score (nSPS) is 12.0. The highest BCUT2D eigenvalue weighted by Crippen LogP contribution is 2.29. The standard InChI is InChI=1S/C17H15Cl3N4O3S/c1-10-2-6-12(7-3-10)21-16(28)23-15(17(18,19)20)22-14(25)11-4-8-13(9-5-11)24(26)27/h2-9,15H,1H3,(H,22,25)(H2,21,23,28)/t15-/m0/s1. The number of rotatable bonds is 5. The summed E-state index contributed by atoms with van der Waals surface area (Å²) in [6.45, 7) is 1.95. The molecule has 0 radical (unpaired) electrons. The first kappa shape index (κ1) is 22.2. The van der Waals surface area contributed by atoms with Crippen molar-refractivity contribution in [3.63, 3.8) is 0 Å². The van der Waals surface area contributed by atoms with E-state index < -0.39 is 20.8 Å². The molecule has 0 saturated heterocycles. The topological polar surface area (TPSA) is 96.3 Å². The molecular weight excluding hydrogens is 447 g/mol. The third-order valence-electron chi connectivity index (χ3n) is 3.53. The minimum Gasteiger partial charge on any atom is -0.339 e. The summed E-state index contributed by atoms with van der Waals surface area (Å²) in [5, 5.41) is 19.0. The van der Waals surface area contributed by atoms with Gasteiger partial charge in [-0.05, 0) is 43.4 Å². The summed E-state index contributed by atoms with van der Waals surface area (Å²) >= 11 is 23.0. The van der Waals surface area contributed by atoms with Gasteiger partial charge in [-0.2, -0.15) is 0 Å². The van der Waals surface area contributed by atoms with E-state index in [1.807, 2.05) is 31.2 Å². The number of aryl methyl sites for hydroxylation is 1. The molecule has 0 spiro atoms. The molecule has 0 aliphatic heterocycles. The largest absolute Gasteiger partial charge is 0.339 e. The fourth-order valence-electron chi connectivity index (χ4n) is 2.08. The Morgan fingerprint density at radius 3 is 2.14 bits per heavy atom. The van der Waals surface area contributed by atoms with Crippen molar-refractivity contribution in [2.75, 3.05) is 5.32 Å². The molecule has 11 heteroatoms. The molecule has 148 valence electrons. The predicted octanol–water partition coefficient (Wildman–Crippen LogP) is 4.32. The number of halogens is 3. The Kier molecular flexibility index (Phi) is 7.42. The van der Waals surface area contributed by atoms with Crippen molar-refractivity contribution >= 4 is 69.4 Å². The van der Waals surface area contributed by atoms with Crippen LogP contribution in [0.2, 0.25) is 0 Å². The number of hydrogen-bond donors (Lipinski definition) is 3. The fourth-order valence-corrected chi connectivity index (χ4v) is 2.65. The van der Waals surface area contributed by atoms with E-state index in [2.05, 4.69) is 16.0 Å². The van der Waals surface area contributed by atoms with Crippen LogP contribution in [0.1, 0.15) is 15.9 Å². The van der Waals surface area contributed by atoms with Crippen molar-refractivity contribution in [1.82, 2.24) is 10.6 Å². The number of carbonyl (C=O) groups excluding carboxylic acids is 1. The lowest BCUT2D eigenvalue weighted by Gasteiger charge is -2.27. The minimum absolute atomic E-state index is 0.129. The van der Waals surface area contributed by atoms with Crippen molar-refractivity contribution in [1.29, 1.82) is 0 Å². The third-order valence-corrected chi connectivity index (χ3v) is 4.40. The average molecular weight is 462 g/mol. The number of hydrogen-bond acceptors (Lipinski definition) is 4. The molecule has 28 heavy (non-hydrogen) atoms. The van der Waals surface area contributed by atoms with Crippen LogP contribution in [0.5, 0.6) is 0 Å². The Balaban J connectivity index is 2.06. The zero-order valence-electron chi connectivity index (χ0n) is 14.4. The summed E-state index contributed by atoms with van der Waals surface area (Å²) in [5.74, 6) is -0.600. The second-order valence-electron chi connectivity index (χ2n) is 5.72. The number of non-ortho nitro benzene ring substituents is 1. The molecule has 0 aliphatic rings.